The Balaban J connectivity index is 1.61. The van der Waals surface area contributed by atoms with Gasteiger partial charge in [0.1, 0.15) is 5.78 Å². The number of hydrogen-bond acceptors (Lipinski definition) is 2. The molecular weight excluding hydrogens is 236 g/mol. The molecule has 0 aromatic heterocycles. The smallest absolute Gasteiger partial charge is 0.135 e. The maximum atomic E-state index is 12.2. The van der Waals surface area contributed by atoms with Crippen LogP contribution in [0.4, 0.5) is 0 Å². The van der Waals surface area contributed by atoms with Crippen molar-refractivity contribution in [2.75, 3.05) is 6.61 Å². The largest absolute Gasteiger partial charge is 0.378 e. The summed E-state index contributed by atoms with van der Waals surface area (Å²) in [5.41, 5.74) is 0. The topological polar surface area (TPSA) is 26.3 Å². The number of rotatable bonds is 6. The van der Waals surface area contributed by atoms with Crippen LogP contribution in [-0.2, 0) is 9.53 Å². The molecule has 0 spiro atoms. The lowest BCUT2D eigenvalue weighted by Crippen LogP contribution is -2.24. The number of Topliss-reactive ketones (excluding diaryl/α,β-unsaturated/α-hetero) is 1. The standard InChI is InChI=1S/C17H30O2/c1-13(2)14-8-10-15(11-9-14)17(18)7-3-5-16-6-4-12-19-16/h13-16H,3-12H2,1-2H3. The summed E-state index contributed by atoms with van der Waals surface area (Å²) in [7, 11) is 0. The molecule has 0 radical (unpaired) electrons. The van der Waals surface area contributed by atoms with E-state index in [9.17, 15) is 4.79 Å². The van der Waals surface area contributed by atoms with Crippen LogP contribution < -0.4 is 0 Å². The van der Waals surface area contributed by atoms with Gasteiger partial charge in [-0.25, -0.2) is 0 Å². The molecule has 2 fully saturated rings. The van der Waals surface area contributed by atoms with Crippen LogP contribution in [0.25, 0.3) is 0 Å². The number of carbonyl (C=O) groups is 1. The minimum Gasteiger partial charge on any atom is -0.378 e. The minimum atomic E-state index is 0.375. The third-order valence-corrected chi connectivity index (χ3v) is 5.14. The molecule has 0 amide bonds. The van der Waals surface area contributed by atoms with E-state index in [0.717, 1.165) is 50.5 Å². The van der Waals surface area contributed by atoms with E-state index >= 15 is 0 Å². The van der Waals surface area contributed by atoms with Crippen LogP contribution in [0.3, 0.4) is 0 Å². The molecule has 0 N–H and O–H groups in total. The van der Waals surface area contributed by atoms with Crippen molar-refractivity contribution < 1.29 is 9.53 Å². The average Bonchev–Trinajstić information content (AvgIpc) is 2.92. The van der Waals surface area contributed by atoms with Crippen LogP contribution >= 0.6 is 0 Å². The molecular formula is C17H30O2. The van der Waals surface area contributed by atoms with Crippen LogP contribution in [0.15, 0.2) is 0 Å². The molecule has 0 bridgehead atoms. The van der Waals surface area contributed by atoms with Gasteiger partial charge in [-0.2, -0.15) is 0 Å². The van der Waals surface area contributed by atoms with Crippen molar-refractivity contribution in [3.8, 4) is 0 Å². The number of ether oxygens (including phenoxy) is 1. The molecule has 110 valence electrons. The zero-order chi connectivity index (χ0) is 13.7. The van der Waals surface area contributed by atoms with E-state index in [1.165, 1.54) is 25.7 Å². The van der Waals surface area contributed by atoms with Gasteiger partial charge in [-0.15, -0.1) is 0 Å². The second-order valence-corrected chi connectivity index (χ2v) is 6.85. The zero-order valence-electron chi connectivity index (χ0n) is 12.7. The highest BCUT2D eigenvalue weighted by molar-refractivity contribution is 5.81. The molecule has 1 heterocycles. The Morgan fingerprint density at radius 3 is 2.47 bits per heavy atom. The molecule has 2 nitrogen and oxygen atoms in total. The minimum absolute atomic E-state index is 0.375. The predicted molar refractivity (Wildman–Crippen MR) is 78.1 cm³/mol. The molecule has 1 saturated heterocycles. The first-order valence-electron chi connectivity index (χ1n) is 8.31. The summed E-state index contributed by atoms with van der Waals surface area (Å²) in [6.45, 7) is 5.56. The van der Waals surface area contributed by atoms with E-state index in [-0.39, 0.29) is 0 Å². The Morgan fingerprint density at radius 1 is 1.16 bits per heavy atom. The Hall–Kier alpha value is -0.370. The van der Waals surface area contributed by atoms with E-state index in [2.05, 4.69) is 13.8 Å². The lowest BCUT2D eigenvalue weighted by Gasteiger charge is -2.30. The van der Waals surface area contributed by atoms with Crippen molar-refractivity contribution in [1.82, 2.24) is 0 Å². The summed E-state index contributed by atoms with van der Waals surface area (Å²) in [5, 5.41) is 0. The fourth-order valence-electron chi connectivity index (χ4n) is 3.69. The Morgan fingerprint density at radius 2 is 1.89 bits per heavy atom. The third kappa shape index (κ3) is 4.59. The first kappa shape index (κ1) is 15.0. The van der Waals surface area contributed by atoms with Crippen LogP contribution in [-0.4, -0.2) is 18.5 Å². The van der Waals surface area contributed by atoms with Gasteiger partial charge in [-0.1, -0.05) is 13.8 Å². The highest BCUT2D eigenvalue weighted by Gasteiger charge is 2.27. The van der Waals surface area contributed by atoms with Gasteiger partial charge in [0.05, 0.1) is 6.10 Å². The van der Waals surface area contributed by atoms with Gasteiger partial charge in [0.15, 0.2) is 0 Å². The Kier molecular flexibility index (Phi) is 5.87. The Bertz CT molecular complexity index is 271. The molecule has 19 heavy (non-hydrogen) atoms. The molecule has 1 atom stereocenters. The number of carbonyl (C=O) groups excluding carboxylic acids is 1. The van der Waals surface area contributed by atoms with Gasteiger partial charge in [-0.3, -0.25) is 4.79 Å². The van der Waals surface area contributed by atoms with E-state index in [0.29, 0.717) is 17.8 Å². The van der Waals surface area contributed by atoms with Gasteiger partial charge in [0, 0.05) is 18.9 Å². The summed E-state index contributed by atoms with van der Waals surface area (Å²) >= 11 is 0. The molecule has 1 unspecified atom stereocenters. The fourth-order valence-corrected chi connectivity index (χ4v) is 3.69. The molecule has 0 aromatic rings. The highest BCUT2D eigenvalue weighted by Crippen LogP contribution is 2.34. The van der Waals surface area contributed by atoms with Crippen LogP contribution in [0, 0.1) is 17.8 Å². The maximum Gasteiger partial charge on any atom is 0.135 e. The van der Waals surface area contributed by atoms with Gasteiger partial charge in [-0.05, 0) is 63.2 Å². The van der Waals surface area contributed by atoms with Crippen molar-refractivity contribution in [2.24, 2.45) is 17.8 Å². The van der Waals surface area contributed by atoms with Gasteiger partial charge >= 0.3 is 0 Å². The van der Waals surface area contributed by atoms with E-state index in [4.69, 9.17) is 4.74 Å². The van der Waals surface area contributed by atoms with E-state index in [1.54, 1.807) is 0 Å². The van der Waals surface area contributed by atoms with E-state index in [1.807, 2.05) is 0 Å². The molecule has 2 aliphatic rings. The van der Waals surface area contributed by atoms with Crippen molar-refractivity contribution in [2.45, 2.75) is 77.7 Å². The number of hydrogen-bond donors (Lipinski definition) is 0. The van der Waals surface area contributed by atoms with Crippen LogP contribution in [0.5, 0.6) is 0 Å². The molecule has 1 aliphatic carbocycles. The van der Waals surface area contributed by atoms with E-state index < -0.39 is 0 Å². The summed E-state index contributed by atoms with van der Waals surface area (Å²) < 4.78 is 5.61. The van der Waals surface area contributed by atoms with Gasteiger partial charge < -0.3 is 4.74 Å². The fraction of sp³-hybridized carbons (Fsp3) is 0.941. The maximum absolute atomic E-state index is 12.2. The van der Waals surface area contributed by atoms with Crippen molar-refractivity contribution in [3.05, 3.63) is 0 Å². The van der Waals surface area contributed by atoms with Gasteiger partial charge in [0.2, 0.25) is 0 Å². The lowest BCUT2D eigenvalue weighted by molar-refractivity contribution is -0.124. The van der Waals surface area contributed by atoms with Crippen molar-refractivity contribution >= 4 is 5.78 Å². The zero-order valence-corrected chi connectivity index (χ0v) is 12.7. The quantitative estimate of drug-likeness (QED) is 0.713. The predicted octanol–water partition coefficient (Wildman–Crippen LogP) is 4.37. The number of ketones is 1. The highest BCUT2D eigenvalue weighted by atomic mass is 16.5. The Labute approximate surface area is 118 Å². The summed E-state index contributed by atoms with van der Waals surface area (Å²) in [6, 6.07) is 0. The molecule has 1 aliphatic heterocycles. The molecule has 0 aromatic carbocycles. The second kappa shape index (κ2) is 7.42. The van der Waals surface area contributed by atoms with Gasteiger partial charge in [0.25, 0.3) is 0 Å². The first-order chi connectivity index (χ1) is 9.16. The monoisotopic (exact) mass is 266 g/mol. The summed E-state index contributed by atoms with van der Waals surface area (Å²) in [6.07, 6.45) is 10.6. The first-order valence-corrected chi connectivity index (χ1v) is 8.31. The van der Waals surface area contributed by atoms with Crippen LogP contribution in [0.2, 0.25) is 0 Å². The van der Waals surface area contributed by atoms with Crippen molar-refractivity contribution in [3.63, 3.8) is 0 Å². The summed E-state index contributed by atoms with van der Waals surface area (Å²) in [4.78, 5) is 12.2. The molecule has 2 rings (SSSR count). The van der Waals surface area contributed by atoms with Crippen molar-refractivity contribution in [1.29, 1.82) is 0 Å². The lowest BCUT2D eigenvalue weighted by atomic mass is 9.75. The summed E-state index contributed by atoms with van der Waals surface area (Å²) in [5.74, 6) is 2.55. The SMILES string of the molecule is CC(C)C1CCC(C(=O)CCCC2CCCO2)CC1. The molecule has 1 saturated carbocycles. The second-order valence-electron chi connectivity index (χ2n) is 6.85. The van der Waals surface area contributed by atoms with Crippen LogP contribution in [0.1, 0.15) is 71.6 Å². The normalized spacial score (nSPS) is 31.8. The molecule has 2 heteroatoms. The third-order valence-electron chi connectivity index (χ3n) is 5.14. The average molecular weight is 266 g/mol.